The quantitative estimate of drug-likeness (QED) is 0.409. The predicted octanol–water partition coefficient (Wildman–Crippen LogP) is 5.21. The molecule has 3 N–H and O–H groups in total. The minimum atomic E-state index is -4.66. The molecule has 4 aromatic rings. The van der Waals surface area contributed by atoms with Crippen molar-refractivity contribution in [3.05, 3.63) is 83.4 Å². The Kier molecular flexibility index (Phi) is 5.35. The Morgan fingerprint density at radius 1 is 0.969 bits per heavy atom. The lowest BCUT2D eigenvalue weighted by molar-refractivity contribution is -0.137. The van der Waals surface area contributed by atoms with Gasteiger partial charge in [0, 0.05) is 5.56 Å². The summed E-state index contributed by atoms with van der Waals surface area (Å²) in [6.45, 7) is 0. The molecule has 0 radical (unpaired) electrons. The summed E-state index contributed by atoms with van der Waals surface area (Å²) in [5, 5.41) is 5.30. The smallest absolute Gasteiger partial charge is 0.338 e. The summed E-state index contributed by atoms with van der Waals surface area (Å²) in [7, 11) is -3.93. The van der Waals surface area contributed by atoms with Gasteiger partial charge in [-0.15, -0.1) is 0 Å². The highest BCUT2D eigenvalue weighted by atomic mass is 32.2. The Morgan fingerprint density at radius 2 is 1.72 bits per heavy atom. The van der Waals surface area contributed by atoms with E-state index in [2.05, 4.69) is 9.97 Å². The minimum Gasteiger partial charge on any atom is -0.338 e. The molecule has 0 fully saturated rings. The third-order valence-corrected chi connectivity index (χ3v) is 5.65. The van der Waals surface area contributed by atoms with E-state index < -0.39 is 27.6 Å². The summed E-state index contributed by atoms with van der Waals surface area (Å²) in [4.78, 5) is 7.30. The molecule has 1 aromatic heterocycles. The third-order valence-electron chi connectivity index (χ3n) is 4.69. The van der Waals surface area contributed by atoms with Gasteiger partial charge in [-0.25, -0.2) is 22.9 Å². The maximum Gasteiger partial charge on any atom is 0.416 e. The maximum atomic E-state index is 13.6. The van der Waals surface area contributed by atoms with Gasteiger partial charge < -0.3 is 4.98 Å². The minimum absolute atomic E-state index is 0.0226. The molecule has 0 atom stereocenters. The first kappa shape index (κ1) is 21.7. The number of primary sulfonamides is 1. The molecule has 1 heterocycles. The summed E-state index contributed by atoms with van der Waals surface area (Å²) < 4.78 is 75.9. The first-order valence-corrected chi connectivity index (χ1v) is 10.7. The number of hydrogen-bond acceptors (Lipinski definition) is 3. The molecule has 0 aliphatic carbocycles. The lowest BCUT2D eigenvalue weighted by Crippen LogP contribution is -2.13. The fraction of sp³-hybridized carbons (Fsp3) is 0.0455. The van der Waals surface area contributed by atoms with Crippen LogP contribution in [0.5, 0.6) is 0 Å². The standard InChI is InChI=1S/C22H15F4N3O2S/c23-16-10-13(9-15(12-16)22(24,25)26)5-8-21-28-18-7-6-14(11-19(18)29-21)17-3-1-2-4-20(17)32(27,30)31/h1-12H,(H,28,29)(H2,27,30,31)/b8-5+. The zero-order valence-corrected chi connectivity index (χ0v) is 17.0. The number of aromatic amines is 1. The number of hydrogen-bond donors (Lipinski definition) is 2. The fourth-order valence-corrected chi connectivity index (χ4v) is 4.04. The number of fused-ring (bicyclic) bond motifs is 1. The van der Waals surface area contributed by atoms with Gasteiger partial charge in [0.25, 0.3) is 0 Å². The molecule has 0 aliphatic heterocycles. The van der Waals surface area contributed by atoms with Crippen LogP contribution in [0.2, 0.25) is 0 Å². The SMILES string of the molecule is NS(=O)(=O)c1ccccc1-c1ccc2nc(/C=C/c3cc(F)cc(C(F)(F)F)c3)[nH]c2c1. The van der Waals surface area contributed by atoms with Gasteiger partial charge in [0.1, 0.15) is 11.6 Å². The molecule has 0 aliphatic rings. The second kappa shape index (κ2) is 7.88. The molecule has 0 saturated heterocycles. The zero-order chi connectivity index (χ0) is 23.1. The number of H-pyrrole nitrogens is 1. The Hall–Kier alpha value is -3.50. The van der Waals surface area contributed by atoms with Crippen molar-refractivity contribution in [3.63, 3.8) is 0 Å². The molecule has 0 bridgehead atoms. The second-order valence-corrected chi connectivity index (χ2v) is 8.53. The number of benzene rings is 3. The molecule has 164 valence electrons. The second-order valence-electron chi connectivity index (χ2n) is 7.00. The summed E-state index contributed by atoms with van der Waals surface area (Å²) in [6.07, 6.45) is -1.92. The summed E-state index contributed by atoms with van der Waals surface area (Å²) in [6, 6.07) is 13.6. The van der Waals surface area contributed by atoms with E-state index in [-0.39, 0.29) is 10.5 Å². The average molecular weight is 461 g/mol. The fourth-order valence-electron chi connectivity index (χ4n) is 3.28. The molecule has 4 rings (SSSR count). The number of halogens is 4. The van der Waals surface area contributed by atoms with Crippen molar-refractivity contribution >= 4 is 33.2 Å². The normalized spacial score (nSPS) is 12.7. The van der Waals surface area contributed by atoms with Crippen LogP contribution in [0.4, 0.5) is 17.6 Å². The predicted molar refractivity (Wildman–Crippen MR) is 113 cm³/mol. The number of nitrogens with two attached hydrogens (primary N) is 1. The van der Waals surface area contributed by atoms with Crippen molar-refractivity contribution in [3.8, 4) is 11.1 Å². The number of nitrogens with one attached hydrogen (secondary N) is 1. The largest absolute Gasteiger partial charge is 0.416 e. The molecule has 10 heteroatoms. The van der Waals surface area contributed by atoms with Gasteiger partial charge in [0.15, 0.2) is 0 Å². The van der Waals surface area contributed by atoms with E-state index in [1.807, 2.05) is 0 Å². The number of aromatic nitrogens is 2. The Bertz CT molecular complexity index is 1460. The van der Waals surface area contributed by atoms with E-state index in [1.165, 1.54) is 18.2 Å². The molecule has 32 heavy (non-hydrogen) atoms. The van der Waals surface area contributed by atoms with Crippen molar-refractivity contribution in [1.82, 2.24) is 9.97 Å². The van der Waals surface area contributed by atoms with Crippen LogP contribution in [0.15, 0.2) is 65.6 Å². The summed E-state index contributed by atoms with van der Waals surface area (Å²) in [5.41, 5.74) is 1.07. The van der Waals surface area contributed by atoms with Crippen molar-refractivity contribution in [2.45, 2.75) is 11.1 Å². The molecule has 0 saturated carbocycles. The van der Waals surface area contributed by atoms with Crippen LogP contribution in [-0.2, 0) is 16.2 Å². The highest BCUT2D eigenvalue weighted by Crippen LogP contribution is 2.31. The number of alkyl halides is 3. The van der Waals surface area contributed by atoms with Gasteiger partial charge >= 0.3 is 6.18 Å². The summed E-state index contributed by atoms with van der Waals surface area (Å²) >= 11 is 0. The van der Waals surface area contributed by atoms with Crippen LogP contribution in [0.3, 0.4) is 0 Å². The van der Waals surface area contributed by atoms with Crippen LogP contribution in [0.25, 0.3) is 34.3 Å². The molecular weight excluding hydrogens is 446 g/mol. The van der Waals surface area contributed by atoms with E-state index in [0.717, 1.165) is 12.1 Å². The monoisotopic (exact) mass is 461 g/mol. The van der Waals surface area contributed by atoms with Gasteiger partial charge in [0.2, 0.25) is 10.0 Å². The molecular formula is C22H15F4N3O2S. The number of imidazole rings is 1. The zero-order valence-electron chi connectivity index (χ0n) is 16.2. The number of nitrogens with zero attached hydrogens (tertiary/aromatic N) is 1. The van der Waals surface area contributed by atoms with E-state index in [9.17, 15) is 26.0 Å². The first-order chi connectivity index (χ1) is 15.0. The topological polar surface area (TPSA) is 88.8 Å². The Morgan fingerprint density at radius 3 is 2.44 bits per heavy atom. The van der Waals surface area contributed by atoms with Crippen molar-refractivity contribution in [2.75, 3.05) is 0 Å². The molecule has 0 spiro atoms. The average Bonchev–Trinajstić information content (AvgIpc) is 3.13. The van der Waals surface area contributed by atoms with Crippen LogP contribution >= 0.6 is 0 Å². The highest BCUT2D eigenvalue weighted by molar-refractivity contribution is 7.89. The van der Waals surface area contributed by atoms with E-state index in [1.54, 1.807) is 36.4 Å². The molecule has 5 nitrogen and oxygen atoms in total. The van der Waals surface area contributed by atoms with Gasteiger partial charge in [-0.05, 0) is 53.6 Å². The maximum absolute atomic E-state index is 13.6. The van der Waals surface area contributed by atoms with Gasteiger partial charge in [-0.2, -0.15) is 13.2 Å². The van der Waals surface area contributed by atoms with Crippen LogP contribution in [0.1, 0.15) is 17.0 Å². The van der Waals surface area contributed by atoms with Crippen LogP contribution < -0.4 is 5.14 Å². The molecule has 0 unspecified atom stereocenters. The van der Waals surface area contributed by atoms with Gasteiger partial charge in [-0.3, -0.25) is 0 Å². The summed E-state index contributed by atoms with van der Waals surface area (Å²) in [5.74, 6) is -0.669. The van der Waals surface area contributed by atoms with Crippen molar-refractivity contribution in [2.24, 2.45) is 5.14 Å². The van der Waals surface area contributed by atoms with E-state index in [4.69, 9.17) is 5.14 Å². The van der Waals surface area contributed by atoms with Gasteiger partial charge in [0.05, 0.1) is 21.5 Å². The van der Waals surface area contributed by atoms with Crippen LogP contribution in [-0.4, -0.2) is 18.4 Å². The Labute approximate surface area is 180 Å². The van der Waals surface area contributed by atoms with Crippen molar-refractivity contribution < 1.29 is 26.0 Å². The molecule has 3 aromatic carbocycles. The van der Waals surface area contributed by atoms with E-state index >= 15 is 0 Å². The lowest BCUT2D eigenvalue weighted by atomic mass is 10.1. The number of sulfonamides is 1. The Balaban J connectivity index is 1.69. The third kappa shape index (κ3) is 4.56. The van der Waals surface area contributed by atoms with Gasteiger partial charge in [-0.1, -0.05) is 30.3 Å². The van der Waals surface area contributed by atoms with Crippen LogP contribution in [0, 0.1) is 5.82 Å². The first-order valence-electron chi connectivity index (χ1n) is 9.18. The molecule has 0 amide bonds. The lowest BCUT2D eigenvalue weighted by Gasteiger charge is -2.07. The van der Waals surface area contributed by atoms with Crippen molar-refractivity contribution in [1.29, 1.82) is 0 Å². The number of rotatable bonds is 4. The van der Waals surface area contributed by atoms with E-state index in [0.29, 0.717) is 34.1 Å². The highest BCUT2D eigenvalue weighted by Gasteiger charge is 2.31.